The third-order valence-electron chi connectivity index (χ3n) is 21.7. The van der Waals surface area contributed by atoms with Gasteiger partial charge < -0.3 is 48.5 Å². The topological polar surface area (TPSA) is 115 Å². The number of amides is 2. The lowest BCUT2D eigenvalue weighted by molar-refractivity contribution is 0.232. The molecule has 0 aliphatic heterocycles. The molecule has 4 aromatic rings. The third kappa shape index (κ3) is 52.0. The summed E-state index contributed by atoms with van der Waals surface area (Å²) in [5.41, 5.74) is 3.22. The number of unbranched alkanes of at least 4 members (excludes halogenated alkanes) is 54. The van der Waals surface area contributed by atoms with Crippen LogP contribution in [0.25, 0.3) is 0 Å². The highest BCUT2D eigenvalue weighted by atomic mass is 16.6. The van der Waals surface area contributed by atoms with Crippen molar-refractivity contribution in [3.05, 3.63) is 83.9 Å². The van der Waals surface area contributed by atoms with Crippen molar-refractivity contribution >= 4 is 17.4 Å². The first kappa shape index (κ1) is 96.9. The summed E-state index contributed by atoms with van der Waals surface area (Å²) < 4.78 is 53.2. The number of nitrogens with one attached hydrogen (secondary N) is 2. The molecule has 0 fully saturated rings. The van der Waals surface area contributed by atoms with E-state index in [9.17, 15) is 4.79 Å². The number of ether oxygens (including phenoxy) is 8. The molecule has 0 saturated carbocycles. The van der Waals surface area contributed by atoms with Crippen molar-refractivity contribution < 1.29 is 42.7 Å². The number of rotatable bonds is 80. The van der Waals surface area contributed by atoms with E-state index in [-0.39, 0.29) is 6.03 Å². The monoisotopic (exact) mass is 1530 g/mol. The van der Waals surface area contributed by atoms with Crippen LogP contribution >= 0.6 is 0 Å². The molecule has 628 valence electrons. The summed E-state index contributed by atoms with van der Waals surface area (Å²) in [6.07, 6.45) is 76.6. The predicted molar refractivity (Wildman–Crippen MR) is 471 cm³/mol. The van der Waals surface area contributed by atoms with E-state index in [2.05, 4.69) is 76.4 Å². The SMILES string of the molecule is CCCCCCCCCCCCOc1cc(COc2ccc(NC(=O)Nc3ccc(OCc4cc(OCCCCCCCCCCCC)c(OCCCCCCCCCCCC)c(OCCCCCCCCCCCC)c4)cc3)cc2)cc(OCCCCCCCCCCCC)c1OCCCCCCCCCCCC. The highest BCUT2D eigenvalue weighted by Gasteiger charge is 2.20. The van der Waals surface area contributed by atoms with Gasteiger partial charge in [0, 0.05) is 11.4 Å². The summed E-state index contributed by atoms with van der Waals surface area (Å²) >= 11 is 0. The largest absolute Gasteiger partial charge is 0.490 e. The van der Waals surface area contributed by atoms with Gasteiger partial charge in [-0.1, -0.05) is 388 Å². The van der Waals surface area contributed by atoms with E-state index in [1.54, 1.807) is 0 Å². The van der Waals surface area contributed by atoms with E-state index in [4.69, 9.17) is 37.9 Å². The van der Waals surface area contributed by atoms with Crippen molar-refractivity contribution in [3.8, 4) is 46.0 Å². The molecule has 2 amide bonds. The Balaban J connectivity index is 1.42. The van der Waals surface area contributed by atoms with Crippen LogP contribution in [0.15, 0.2) is 72.8 Å². The van der Waals surface area contributed by atoms with Crippen LogP contribution in [-0.2, 0) is 13.2 Å². The van der Waals surface area contributed by atoms with E-state index in [1.807, 2.05) is 48.5 Å². The Kier molecular flexibility index (Phi) is 62.9. The minimum absolute atomic E-state index is 0.319. The minimum atomic E-state index is -0.343. The molecule has 0 atom stereocenters. The molecule has 4 rings (SSSR count). The van der Waals surface area contributed by atoms with Crippen LogP contribution in [0.3, 0.4) is 0 Å². The van der Waals surface area contributed by atoms with Gasteiger partial charge in [-0.25, -0.2) is 4.79 Å². The van der Waals surface area contributed by atoms with Gasteiger partial charge in [-0.3, -0.25) is 0 Å². The van der Waals surface area contributed by atoms with Gasteiger partial charge in [0.05, 0.1) is 39.6 Å². The average Bonchev–Trinajstić information content (AvgIpc) is 0.826. The van der Waals surface area contributed by atoms with E-state index in [0.29, 0.717) is 75.7 Å². The molecule has 110 heavy (non-hydrogen) atoms. The lowest BCUT2D eigenvalue weighted by Gasteiger charge is -2.19. The smallest absolute Gasteiger partial charge is 0.323 e. The molecule has 11 nitrogen and oxygen atoms in total. The lowest BCUT2D eigenvalue weighted by Crippen LogP contribution is -2.19. The standard InChI is InChI=1S/C99H168N2O9/c1-7-13-19-25-31-37-43-49-55-61-75-103-93-81-87(82-94(104-76-62-56-50-44-38-32-26-20-14-8-2)97(93)107-79-65-59-53-47-41-35-29-23-17-11-5)85-109-91-71-67-89(68-72-91)100-99(102)101-90-69-73-92(74-70-90)110-86-88-83-95(105-77-63-57-51-45-39-33-27-21-15-9-3)98(108-80-66-60-54-48-42-36-30-24-18-12-6)96(84-88)106-78-64-58-52-46-40-34-28-22-16-10-4/h67-74,81-84H,7-66,75-80,85-86H2,1-6H3,(H2,100,101,102). The van der Waals surface area contributed by atoms with Gasteiger partial charge in [0.25, 0.3) is 0 Å². The summed E-state index contributed by atoms with van der Waals surface area (Å²) in [5.74, 6) is 5.80. The Morgan fingerprint density at radius 1 is 0.218 bits per heavy atom. The van der Waals surface area contributed by atoms with Crippen molar-refractivity contribution in [3.63, 3.8) is 0 Å². The van der Waals surface area contributed by atoms with Crippen molar-refractivity contribution in [1.29, 1.82) is 0 Å². The fourth-order valence-corrected chi connectivity index (χ4v) is 14.7. The zero-order valence-electron chi connectivity index (χ0n) is 72.2. The molecular weight excluding hydrogens is 1360 g/mol. The van der Waals surface area contributed by atoms with E-state index < -0.39 is 0 Å². The molecule has 0 aromatic heterocycles. The van der Waals surface area contributed by atoms with Crippen LogP contribution < -0.4 is 48.5 Å². The number of anilines is 2. The number of benzene rings is 4. The molecule has 4 aromatic carbocycles. The maximum atomic E-state index is 13.5. The molecule has 0 saturated heterocycles. The zero-order valence-corrected chi connectivity index (χ0v) is 72.2. The quantitative estimate of drug-likeness (QED) is 0.0417. The molecule has 0 bridgehead atoms. The third-order valence-corrected chi connectivity index (χ3v) is 21.7. The number of hydrogen-bond acceptors (Lipinski definition) is 9. The second-order valence-corrected chi connectivity index (χ2v) is 32.2. The summed E-state index contributed by atoms with van der Waals surface area (Å²) in [6, 6.07) is 23.2. The summed E-state index contributed by atoms with van der Waals surface area (Å²) in [5, 5.41) is 6.03. The van der Waals surface area contributed by atoms with Crippen LogP contribution in [0.5, 0.6) is 46.0 Å². The zero-order chi connectivity index (χ0) is 78.1. The number of carbonyl (C=O) groups excluding carboxylic acids is 1. The van der Waals surface area contributed by atoms with E-state index >= 15 is 0 Å². The number of hydrogen-bond donors (Lipinski definition) is 2. The van der Waals surface area contributed by atoms with Crippen LogP contribution in [0.4, 0.5) is 16.2 Å². The first-order valence-electron chi connectivity index (χ1n) is 47.0. The summed E-state index contributed by atoms with van der Waals surface area (Å²) in [6.45, 7) is 18.2. The average molecular weight is 1530 g/mol. The van der Waals surface area contributed by atoms with Crippen molar-refractivity contribution in [2.75, 3.05) is 50.3 Å². The van der Waals surface area contributed by atoms with Crippen LogP contribution in [0.2, 0.25) is 0 Å². The maximum Gasteiger partial charge on any atom is 0.323 e. The molecule has 2 N–H and O–H groups in total. The first-order chi connectivity index (χ1) is 54.4. The molecule has 11 heteroatoms. The van der Waals surface area contributed by atoms with Gasteiger partial charge in [-0.2, -0.15) is 0 Å². The highest BCUT2D eigenvalue weighted by molar-refractivity contribution is 5.99. The Morgan fingerprint density at radius 3 is 0.582 bits per heavy atom. The van der Waals surface area contributed by atoms with Gasteiger partial charge in [0.15, 0.2) is 23.0 Å². The normalized spacial score (nSPS) is 11.3. The Hall–Kier alpha value is -5.45. The van der Waals surface area contributed by atoms with Crippen LogP contribution in [0.1, 0.15) is 438 Å². The van der Waals surface area contributed by atoms with E-state index in [1.165, 1.54) is 308 Å². The summed E-state index contributed by atoms with van der Waals surface area (Å²) in [7, 11) is 0. The second-order valence-electron chi connectivity index (χ2n) is 32.2. The highest BCUT2D eigenvalue weighted by Crippen LogP contribution is 2.42. The molecule has 0 heterocycles. The predicted octanol–water partition coefficient (Wildman–Crippen LogP) is 32.3. The van der Waals surface area contributed by atoms with Gasteiger partial charge in [0.1, 0.15) is 24.7 Å². The van der Waals surface area contributed by atoms with Gasteiger partial charge >= 0.3 is 6.03 Å². The number of carbonyl (C=O) groups is 1. The Bertz CT molecular complexity index is 2420. The molecule has 0 spiro atoms. The van der Waals surface area contributed by atoms with Gasteiger partial charge in [-0.15, -0.1) is 0 Å². The van der Waals surface area contributed by atoms with Crippen molar-refractivity contribution in [2.24, 2.45) is 0 Å². The van der Waals surface area contributed by atoms with Crippen molar-refractivity contribution in [1.82, 2.24) is 0 Å². The summed E-state index contributed by atoms with van der Waals surface area (Å²) in [4.78, 5) is 13.5. The Morgan fingerprint density at radius 2 is 0.391 bits per heavy atom. The molecule has 0 unspecified atom stereocenters. The molecule has 0 aliphatic rings. The Labute approximate surface area is 676 Å². The number of urea groups is 1. The van der Waals surface area contributed by atoms with Gasteiger partial charge in [-0.05, 0) is 122 Å². The molecule has 0 radical (unpaired) electrons. The van der Waals surface area contributed by atoms with Crippen LogP contribution in [0, 0.1) is 0 Å². The lowest BCUT2D eigenvalue weighted by atomic mass is 10.1. The second kappa shape index (κ2) is 71.3. The first-order valence-corrected chi connectivity index (χ1v) is 47.0. The fraction of sp³-hybridized carbons (Fsp3) is 0.747. The van der Waals surface area contributed by atoms with Gasteiger partial charge in [0.2, 0.25) is 11.5 Å². The molecule has 0 aliphatic carbocycles. The van der Waals surface area contributed by atoms with Crippen molar-refractivity contribution in [2.45, 2.75) is 440 Å². The molecular formula is C99H168N2O9. The maximum absolute atomic E-state index is 13.5. The van der Waals surface area contributed by atoms with Crippen LogP contribution in [-0.4, -0.2) is 45.7 Å². The fourth-order valence-electron chi connectivity index (χ4n) is 14.7. The van der Waals surface area contributed by atoms with E-state index in [0.717, 1.165) is 123 Å². The minimum Gasteiger partial charge on any atom is -0.490 e.